The highest BCUT2D eigenvalue weighted by atomic mass is 16.5. The normalized spacial score (nSPS) is 17.1. The summed E-state index contributed by atoms with van der Waals surface area (Å²) < 4.78 is 5.23. The van der Waals surface area contributed by atoms with Gasteiger partial charge >= 0.3 is 0 Å². The van der Waals surface area contributed by atoms with Gasteiger partial charge in [-0.05, 0) is 6.42 Å². The lowest BCUT2D eigenvalue weighted by Gasteiger charge is -2.17. The molecule has 0 rings (SSSR count). The second kappa shape index (κ2) is 6.38. The molecule has 66 valence electrons. The Kier molecular flexibility index (Phi) is 6.18. The summed E-state index contributed by atoms with van der Waals surface area (Å²) in [6.07, 6.45) is 5.02. The lowest BCUT2D eigenvalue weighted by atomic mass is 10.0. The van der Waals surface area contributed by atoms with Crippen molar-refractivity contribution in [2.24, 2.45) is 5.92 Å². The van der Waals surface area contributed by atoms with Crippen LogP contribution in [0.5, 0.6) is 0 Å². The first-order valence-corrected chi connectivity index (χ1v) is 4.06. The standard InChI is InChI=1S/C9H18O2/c1-4-9(11-3)8(2)6-5-7-10/h5-6,8-10H,4,7H2,1-3H3. The number of aliphatic hydroxyl groups excluding tert-OH is 1. The van der Waals surface area contributed by atoms with Crippen molar-refractivity contribution < 1.29 is 9.84 Å². The third-order valence-electron chi connectivity index (χ3n) is 1.84. The monoisotopic (exact) mass is 158 g/mol. The molecule has 2 heteroatoms. The van der Waals surface area contributed by atoms with Crippen molar-refractivity contribution in [3.05, 3.63) is 12.2 Å². The Balaban J connectivity index is 3.77. The van der Waals surface area contributed by atoms with E-state index in [4.69, 9.17) is 9.84 Å². The van der Waals surface area contributed by atoms with E-state index in [0.717, 1.165) is 6.42 Å². The molecule has 2 atom stereocenters. The van der Waals surface area contributed by atoms with E-state index < -0.39 is 0 Å². The second-order valence-corrected chi connectivity index (χ2v) is 2.65. The van der Waals surface area contributed by atoms with Crippen LogP contribution in [0.2, 0.25) is 0 Å². The first-order chi connectivity index (χ1) is 5.26. The molecule has 0 heterocycles. The van der Waals surface area contributed by atoms with Crippen molar-refractivity contribution in [1.82, 2.24) is 0 Å². The first-order valence-electron chi connectivity index (χ1n) is 4.06. The summed E-state index contributed by atoms with van der Waals surface area (Å²) >= 11 is 0. The molecule has 0 spiro atoms. The van der Waals surface area contributed by atoms with Crippen LogP contribution in [0, 0.1) is 5.92 Å². The van der Waals surface area contributed by atoms with E-state index in [1.54, 1.807) is 13.2 Å². The van der Waals surface area contributed by atoms with E-state index in [0.29, 0.717) is 5.92 Å². The zero-order valence-electron chi connectivity index (χ0n) is 7.58. The predicted octanol–water partition coefficient (Wildman–Crippen LogP) is 1.60. The highest BCUT2D eigenvalue weighted by Gasteiger charge is 2.10. The molecule has 0 amide bonds. The summed E-state index contributed by atoms with van der Waals surface area (Å²) in [5.41, 5.74) is 0. The molecule has 0 aromatic rings. The topological polar surface area (TPSA) is 29.5 Å². The van der Waals surface area contributed by atoms with Gasteiger partial charge < -0.3 is 9.84 Å². The second-order valence-electron chi connectivity index (χ2n) is 2.65. The van der Waals surface area contributed by atoms with Gasteiger partial charge in [0.1, 0.15) is 0 Å². The first kappa shape index (κ1) is 10.7. The molecule has 0 aliphatic carbocycles. The van der Waals surface area contributed by atoms with E-state index in [2.05, 4.69) is 13.8 Å². The molecule has 11 heavy (non-hydrogen) atoms. The molecule has 2 nitrogen and oxygen atoms in total. The quantitative estimate of drug-likeness (QED) is 0.616. The van der Waals surface area contributed by atoms with E-state index >= 15 is 0 Å². The number of rotatable bonds is 5. The molecular weight excluding hydrogens is 140 g/mol. The maximum Gasteiger partial charge on any atom is 0.0628 e. The van der Waals surface area contributed by atoms with Crippen molar-refractivity contribution in [3.63, 3.8) is 0 Å². The number of methoxy groups -OCH3 is 1. The SMILES string of the molecule is CCC(OC)C(C)C=CCO. The Morgan fingerprint density at radius 1 is 1.55 bits per heavy atom. The van der Waals surface area contributed by atoms with Gasteiger partial charge in [-0.1, -0.05) is 26.0 Å². The molecule has 0 aromatic carbocycles. The van der Waals surface area contributed by atoms with Crippen LogP contribution in [0.25, 0.3) is 0 Å². The minimum Gasteiger partial charge on any atom is -0.392 e. The fraction of sp³-hybridized carbons (Fsp3) is 0.778. The van der Waals surface area contributed by atoms with Crippen molar-refractivity contribution >= 4 is 0 Å². The molecule has 0 aliphatic heterocycles. The minimum atomic E-state index is 0.116. The molecule has 0 aliphatic rings. The van der Waals surface area contributed by atoms with Gasteiger partial charge in [0.2, 0.25) is 0 Å². The van der Waals surface area contributed by atoms with Crippen molar-refractivity contribution in [2.75, 3.05) is 13.7 Å². The van der Waals surface area contributed by atoms with Gasteiger partial charge in [-0.25, -0.2) is 0 Å². The maximum absolute atomic E-state index is 8.51. The Bertz CT molecular complexity index is 106. The third kappa shape index (κ3) is 4.17. The fourth-order valence-electron chi connectivity index (χ4n) is 1.15. The van der Waals surface area contributed by atoms with Gasteiger partial charge in [-0.15, -0.1) is 0 Å². The molecular formula is C9H18O2. The summed E-state index contributed by atoms with van der Waals surface area (Å²) in [5, 5.41) is 8.51. The van der Waals surface area contributed by atoms with Gasteiger partial charge in [0, 0.05) is 13.0 Å². The van der Waals surface area contributed by atoms with E-state index in [1.807, 2.05) is 6.08 Å². The van der Waals surface area contributed by atoms with Crippen molar-refractivity contribution in [3.8, 4) is 0 Å². The molecule has 1 N–H and O–H groups in total. The van der Waals surface area contributed by atoms with Crippen LogP contribution in [0.3, 0.4) is 0 Å². The van der Waals surface area contributed by atoms with Crippen molar-refractivity contribution in [2.45, 2.75) is 26.4 Å². The fourth-order valence-corrected chi connectivity index (χ4v) is 1.15. The molecule has 0 aromatic heterocycles. The van der Waals surface area contributed by atoms with E-state index in [1.165, 1.54) is 0 Å². The number of aliphatic hydroxyl groups is 1. The van der Waals surface area contributed by atoms with Crippen LogP contribution in [0.4, 0.5) is 0 Å². The van der Waals surface area contributed by atoms with Crippen LogP contribution < -0.4 is 0 Å². The summed E-state index contributed by atoms with van der Waals surface area (Å²) in [5.74, 6) is 0.386. The predicted molar refractivity (Wildman–Crippen MR) is 46.5 cm³/mol. The zero-order valence-corrected chi connectivity index (χ0v) is 7.58. The third-order valence-corrected chi connectivity index (χ3v) is 1.84. The van der Waals surface area contributed by atoms with Gasteiger partial charge in [0.15, 0.2) is 0 Å². The van der Waals surface area contributed by atoms with Gasteiger partial charge in [-0.3, -0.25) is 0 Å². The molecule has 0 radical (unpaired) electrons. The Morgan fingerprint density at radius 2 is 2.18 bits per heavy atom. The lowest BCUT2D eigenvalue weighted by molar-refractivity contribution is 0.0712. The smallest absolute Gasteiger partial charge is 0.0628 e. The lowest BCUT2D eigenvalue weighted by Crippen LogP contribution is -2.17. The minimum absolute atomic E-state index is 0.116. The number of hydrogen-bond donors (Lipinski definition) is 1. The van der Waals surface area contributed by atoms with Crippen LogP contribution >= 0.6 is 0 Å². The summed E-state index contributed by atoms with van der Waals surface area (Å²) in [4.78, 5) is 0. The highest BCUT2D eigenvalue weighted by Crippen LogP contribution is 2.11. The van der Waals surface area contributed by atoms with Gasteiger partial charge in [0.25, 0.3) is 0 Å². The highest BCUT2D eigenvalue weighted by molar-refractivity contribution is 4.89. The number of ether oxygens (including phenoxy) is 1. The molecule has 0 bridgehead atoms. The molecule has 0 saturated carbocycles. The van der Waals surface area contributed by atoms with Crippen LogP contribution in [-0.4, -0.2) is 24.9 Å². The van der Waals surface area contributed by atoms with Crippen LogP contribution in [0.15, 0.2) is 12.2 Å². The van der Waals surface area contributed by atoms with Crippen molar-refractivity contribution in [1.29, 1.82) is 0 Å². The van der Waals surface area contributed by atoms with E-state index in [-0.39, 0.29) is 12.7 Å². The average Bonchev–Trinajstić information content (AvgIpc) is 2.03. The average molecular weight is 158 g/mol. The number of hydrogen-bond acceptors (Lipinski definition) is 2. The molecule has 0 saturated heterocycles. The summed E-state index contributed by atoms with van der Waals surface area (Å²) in [6.45, 7) is 4.30. The maximum atomic E-state index is 8.51. The molecule has 2 unspecified atom stereocenters. The summed E-state index contributed by atoms with van der Waals surface area (Å²) in [7, 11) is 1.72. The Hall–Kier alpha value is -0.340. The van der Waals surface area contributed by atoms with Crippen LogP contribution in [0.1, 0.15) is 20.3 Å². The Labute approximate surface area is 68.9 Å². The zero-order chi connectivity index (χ0) is 8.69. The Morgan fingerprint density at radius 3 is 2.55 bits per heavy atom. The summed E-state index contributed by atoms with van der Waals surface area (Å²) in [6, 6.07) is 0. The van der Waals surface area contributed by atoms with E-state index in [9.17, 15) is 0 Å². The largest absolute Gasteiger partial charge is 0.392 e. The van der Waals surface area contributed by atoms with Gasteiger partial charge in [0.05, 0.1) is 12.7 Å². The van der Waals surface area contributed by atoms with Gasteiger partial charge in [-0.2, -0.15) is 0 Å². The van der Waals surface area contributed by atoms with Crippen LogP contribution in [-0.2, 0) is 4.74 Å². The molecule has 0 fully saturated rings.